The molecule has 0 saturated heterocycles. The third kappa shape index (κ3) is 3.09. The van der Waals surface area contributed by atoms with Crippen LogP contribution in [0.2, 0.25) is 0 Å². The Balaban J connectivity index is 2.35. The molecule has 0 aliphatic carbocycles. The maximum absolute atomic E-state index is 5.62. The van der Waals surface area contributed by atoms with E-state index in [1.54, 1.807) is 0 Å². The van der Waals surface area contributed by atoms with Crippen LogP contribution in [0.25, 0.3) is 10.8 Å². The number of aryl methyl sites for hydroxylation is 2. The van der Waals surface area contributed by atoms with Gasteiger partial charge in [0.25, 0.3) is 0 Å². The molecule has 0 bridgehead atoms. The SMILES string of the molecule is NCCCc1cc2ccccc2cc1CCCN. The monoisotopic (exact) mass is 242 g/mol. The lowest BCUT2D eigenvalue weighted by atomic mass is 9.95. The highest BCUT2D eigenvalue weighted by molar-refractivity contribution is 5.84. The Hall–Kier alpha value is -1.38. The van der Waals surface area contributed by atoms with E-state index in [1.807, 2.05) is 0 Å². The summed E-state index contributed by atoms with van der Waals surface area (Å²) in [5, 5.41) is 2.64. The average Bonchev–Trinajstić information content (AvgIpc) is 2.42. The fourth-order valence-corrected chi connectivity index (χ4v) is 2.39. The number of nitrogens with two attached hydrogens (primary N) is 2. The summed E-state index contributed by atoms with van der Waals surface area (Å²) in [4.78, 5) is 0. The molecule has 2 rings (SSSR count). The van der Waals surface area contributed by atoms with Crippen LogP contribution in [0.1, 0.15) is 24.0 Å². The van der Waals surface area contributed by atoms with Crippen LogP contribution in [-0.2, 0) is 12.8 Å². The van der Waals surface area contributed by atoms with Gasteiger partial charge >= 0.3 is 0 Å². The Kier molecular flexibility index (Phi) is 4.73. The first-order valence-corrected chi connectivity index (χ1v) is 6.76. The van der Waals surface area contributed by atoms with Crippen LogP contribution in [0.4, 0.5) is 0 Å². The molecule has 0 spiro atoms. The van der Waals surface area contributed by atoms with Gasteiger partial charge in [0, 0.05) is 0 Å². The molecule has 0 saturated carbocycles. The van der Waals surface area contributed by atoms with E-state index < -0.39 is 0 Å². The first kappa shape index (κ1) is 13.1. The summed E-state index contributed by atoms with van der Waals surface area (Å²) in [6.07, 6.45) is 4.24. The summed E-state index contributed by atoms with van der Waals surface area (Å²) in [5.74, 6) is 0. The molecule has 4 N–H and O–H groups in total. The second kappa shape index (κ2) is 6.53. The normalized spacial score (nSPS) is 11.0. The molecular formula is C16H22N2. The second-order valence-corrected chi connectivity index (χ2v) is 4.75. The fourth-order valence-electron chi connectivity index (χ4n) is 2.39. The highest BCUT2D eigenvalue weighted by Crippen LogP contribution is 2.22. The minimum atomic E-state index is 0.753. The maximum atomic E-state index is 5.62. The molecule has 2 heteroatoms. The van der Waals surface area contributed by atoms with E-state index in [9.17, 15) is 0 Å². The van der Waals surface area contributed by atoms with Crippen molar-refractivity contribution in [1.29, 1.82) is 0 Å². The zero-order chi connectivity index (χ0) is 12.8. The van der Waals surface area contributed by atoms with E-state index in [0.717, 1.165) is 38.8 Å². The Bertz CT molecular complexity index is 459. The standard InChI is InChI=1S/C16H22N2/c17-9-3-7-15-11-13-5-1-2-6-14(13)12-16(15)8-4-10-18/h1-2,5-6,11-12H,3-4,7-10,17-18H2. The fraction of sp³-hybridized carbons (Fsp3) is 0.375. The molecule has 96 valence electrons. The minimum Gasteiger partial charge on any atom is -0.330 e. The number of rotatable bonds is 6. The Morgan fingerprint density at radius 3 is 1.56 bits per heavy atom. The molecule has 0 atom stereocenters. The Morgan fingerprint density at radius 1 is 0.722 bits per heavy atom. The van der Waals surface area contributed by atoms with Crippen molar-refractivity contribution in [1.82, 2.24) is 0 Å². The molecule has 0 radical (unpaired) electrons. The molecule has 0 aliphatic rings. The van der Waals surface area contributed by atoms with Crippen LogP contribution in [0, 0.1) is 0 Å². The molecule has 0 fully saturated rings. The summed E-state index contributed by atoms with van der Waals surface area (Å²) in [6.45, 7) is 1.51. The van der Waals surface area contributed by atoms with E-state index >= 15 is 0 Å². The zero-order valence-corrected chi connectivity index (χ0v) is 10.9. The molecule has 2 aromatic carbocycles. The lowest BCUT2D eigenvalue weighted by Crippen LogP contribution is -2.05. The molecule has 0 aliphatic heterocycles. The van der Waals surface area contributed by atoms with Gasteiger partial charge in [0.2, 0.25) is 0 Å². The summed E-state index contributed by atoms with van der Waals surface area (Å²) >= 11 is 0. The van der Waals surface area contributed by atoms with Crippen LogP contribution in [0.3, 0.4) is 0 Å². The topological polar surface area (TPSA) is 52.0 Å². The van der Waals surface area contributed by atoms with Gasteiger partial charge in [0.15, 0.2) is 0 Å². The highest BCUT2D eigenvalue weighted by atomic mass is 14.5. The number of fused-ring (bicyclic) bond motifs is 1. The molecule has 0 amide bonds. The zero-order valence-electron chi connectivity index (χ0n) is 10.9. The first-order chi connectivity index (χ1) is 8.85. The largest absolute Gasteiger partial charge is 0.330 e. The van der Waals surface area contributed by atoms with Crippen LogP contribution in [-0.4, -0.2) is 13.1 Å². The van der Waals surface area contributed by atoms with Crippen molar-refractivity contribution in [2.75, 3.05) is 13.1 Å². The van der Waals surface area contributed by atoms with E-state index in [-0.39, 0.29) is 0 Å². The van der Waals surface area contributed by atoms with Crippen LogP contribution >= 0.6 is 0 Å². The summed E-state index contributed by atoms with van der Waals surface area (Å²) in [5.41, 5.74) is 14.1. The summed E-state index contributed by atoms with van der Waals surface area (Å²) in [6, 6.07) is 13.2. The molecule has 2 aromatic rings. The minimum absolute atomic E-state index is 0.753. The molecular weight excluding hydrogens is 220 g/mol. The molecule has 0 heterocycles. The lowest BCUT2D eigenvalue weighted by molar-refractivity contribution is 0.793. The second-order valence-electron chi connectivity index (χ2n) is 4.75. The van der Waals surface area contributed by atoms with E-state index in [2.05, 4.69) is 36.4 Å². The van der Waals surface area contributed by atoms with Crippen molar-refractivity contribution in [3.05, 3.63) is 47.5 Å². The summed E-state index contributed by atoms with van der Waals surface area (Å²) in [7, 11) is 0. The van der Waals surface area contributed by atoms with E-state index in [0.29, 0.717) is 0 Å². The Labute approximate surface area is 109 Å². The number of hydrogen-bond donors (Lipinski definition) is 2. The quantitative estimate of drug-likeness (QED) is 0.818. The van der Waals surface area contributed by atoms with Crippen molar-refractivity contribution in [2.45, 2.75) is 25.7 Å². The van der Waals surface area contributed by atoms with E-state index in [1.165, 1.54) is 21.9 Å². The van der Waals surface area contributed by atoms with Gasteiger partial charge in [-0.05, 0) is 60.7 Å². The van der Waals surface area contributed by atoms with Gasteiger partial charge in [0.05, 0.1) is 0 Å². The first-order valence-electron chi connectivity index (χ1n) is 6.76. The number of benzene rings is 2. The van der Waals surface area contributed by atoms with Crippen molar-refractivity contribution in [3.8, 4) is 0 Å². The molecule has 2 nitrogen and oxygen atoms in total. The summed E-state index contributed by atoms with van der Waals surface area (Å²) < 4.78 is 0. The van der Waals surface area contributed by atoms with E-state index in [4.69, 9.17) is 11.5 Å². The van der Waals surface area contributed by atoms with Crippen molar-refractivity contribution < 1.29 is 0 Å². The Morgan fingerprint density at radius 2 is 1.17 bits per heavy atom. The number of hydrogen-bond acceptors (Lipinski definition) is 2. The van der Waals surface area contributed by atoms with Gasteiger partial charge in [-0.15, -0.1) is 0 Å². The third-order valence-electron chi connectivity index (χ3n) is 3.37. The third-order valence-corrected chi connectivity index (χ3v) is 3.37. The van der Waals surface area contributed by atoms with Gasteiger partial charge in [-0.2, -0.15) is 0 Å². The maximum Gasteiger partial charge on any atom is -0.00741 e. The predicted octanol–water partition coefficient (Wildman–Crippen LogP) is 2.62. The van der Waals surface area contributed by atoms with Crippen molar-refractivity contribution >= 4 is 10.8 Å². The van der Waals surface area contributed by atoms with Crippen molar-refractivity contribution in [2.24, 2.45) is 11.5 Å². The van der Waals surface area contributed by atoms with Crippen LogP contribution in [0.15, 0.2) is 36.4 Å². The van der Waals surface area contributed by atoms with Crippen LogP contribution in [0.5, 0.6) is 0 Å². The van der Waals surface area contributed by atoms with Gasteiger partial charge in [0.1, 0.15) is 0 Å². The smallest absolute Gasteiger partial charge is 0.00741 e. The molecule has 0 unspecified atom stereocenters. The van der Waals surface area contributed by atoms with Crippen molar-refractivity contribution in [3.63, 3.8) is 0 Å². The van der Waals surface area contributed by atoms with Gasteiger partial charge in [-0.1, -0.05) is 36.4 Å². The van der Waals surface area contributed by atoms with Gasteiger partial charge < -0.3 is 11.5 Å². The molecule has 18 heavy (non-hydrogen) atoms. The molecule has 0 aromatic heterocycles. The average molecular weight is 242 g/mol. The predicted molar refractivity (Wildman–Crippen MR) is 78.7 cm³/mol. The van der Waals surface area contributed by atoms with Gasteiger partial charge in [-0.3, -0.25) is 0 Å². The lowest BCUT2D eigenvalue weighted by Gasteiger charge is -2.11. The highest BCUT2D eigenvalue weighted by Gasteiger charge is 2.04. The van der Waals surface area contributed by atoms with Gasteiger partial charge in [-0.25, -0.2) is 0 Å². The van der Waals surface area contributed by atoms with Crippen LogP contribution < -0.4 is 11.5 Å².